The molecule has 0 aromatic heterocycles. The van der Waals surface area contributed by atoms with Crippen LogP contribution in [0.1, 0.15) is 30.5 Å². The smallest absolute Gasteiger partial charge is 0.161 e. The van der Waals surface area contributed by atoms with Crippen LogP contribution in [0.3, 0.4) is 0 Å². The van der Waals surface area contributed by atoms with E-state index in [9.17, 15) is 9.50 Å². The van der Waals surface area contributed by atoms with Gasteiger partial charge < -0.3 is 24.8 Å². The van der Waals surface area contributed by atoms with Crippen LogP contribution in [0, 0.1) is 12.7 Å². The number of aryl methyl sites for hydroxylation is 1. The van der Waals surface area contributed by atoms with Gasteiger partial charge >= 0.3 is 0 Å². The summed E-state index contributed by atoms with van der Waals surface area (Å²) >= 11 is 0. The maximum absolute atomic E-state index is 13.4. The van der Waals surface area contributed by atoms with E-state index in [1.807, 2.05) is 32.2 Å². The van der Waals surface area contributed by atoms with E-state index in [1.54, 1.807) is 19.2 Å². The second kappa shape index (κ2) is 11.1. The van der Waals surface area contributed by atoms with Crippen molar-refractivity contribution in [2.24, 2.45) is 0 Å². The Labute approximate surface area is 173 Å². The van der Waals surface area contributed by atoms with E-state index in [4.69, 9.17) is 9.47 Å². The SMILES string of the molecule is COc1cc(CNCc2cc(F)ccc2C)ccc1OCC(O)CN(C)C(C)C. The fourth-order valence-corrected chi connectivity index (χ4v) is 2.90. The number of methoxy groups -OCH3 is 1. The Morgan fingerprint density at radius 3 is 2.55 bits per heavy atom. The third kappa shape index (κ3) is 7.31. The van der Waals surface area contributed by atoms with Gasteiger partial charge in [0, 0.05) is 25.7 Å². The van der Waals surface area contributed by atoms with Crippen LogP contribution in [-0.2, 0) is 13.1 Å². The first kappa shape index (κ1) is 23.1. The van der Waals surface area contributed by atoms with Gasteiger partial charge in [-0.05, 0) is 68.8 Å². The molecule has 0 heterocycles. The van der Waals surface area contributed by atoms with Gasteiger partial charge in [0.15, 0.2) is 11.5 Å². The van der Waals surface area contributed by atoms with Gasteiger partial charge in [0.1, 0.15) is 18.5 Å². The quantitative estimate of drug-likeness (QED) is 0.600. The van der Waals surface area contributed by atoms with E-state index in [2.05, 4.69) is 24.1 Å². The Hall–Kier alpha value is -2.15. The molecule has 0 fully saturated rings. The standard InChI is InChI=1S/C23H33FN2O3/c1-16(2)26(4)14-21(27)15-29-22-9-7-18(10-23(22)28-5)12-25-13-19-11-20(24)8-6-17(19)3/h6-11,16,21,25,27H,12-15H2,1-5H3. The molecule has 0 saturated heterocycles. The Morgan fingerprint density at radius 1 is 1.10 bits per heavy atom. The summed E-state index contributed by atoms with van der Waals surface area (Å²) in [6.45, 7) is 8.08. The van der Waals surface area contributed by atoms with E-state index >= 15 is 0 Å². The molecule has 0 aliphatic heterocycles. The second-order valence-corrected chi connectivity index (χ2v) is 7.66. The van der Waals surface area contributed by atoms with Crippen molar-refractivity contribution in [1.82, 2.24) is 10.2 Å². The lowest BCUT2D eigenvalue weighted by molar-refractivity contribution is 0.0668. The molecule has 0 radical (unpaired) electrons. The highest BCUT2D eigenvalue weighted by atomic mass is 19.1. The molecule has 0 bridgehead atoms. The van der Waals surface area contributed by atoms with Gasteiger partial charge in [-0.25, -0.2) is 4.39 Å². The monoisotopic (exact) mass is 404 g/mol. The van der Waals surface area contributed by atoms with Gasteiger partial charge in [-0.2, -0.15) is 0 Å². The average molecular weight is 405 g/mol. The van der Waals surface area contributed by atoms with Crippen molar-refractivity contribution in [3.05, 3.63) is 58.9 Å². The molecule has 2 aromatic carbocycles. The van der Waals surface area contributed by atoms with Crippen LogP contribution in [0.15, 0.2) is 36.4 Å². The summed E-state index contributed by atoms with van der Waals surface area (Å²) in [5.41, 5.74) is 3.03. The molecule has 0 amide bonds. The average Bonchev–Trinajstić information content (AvgIpc) is 2.69. The maximum atomic E-state index is 13.4. The van der Waals surface area contributed by atoms with Crippen LogP contribution in [0.4, 0.5) is 4.39 Å². The van der Waals surface area contributed by atoms with Crippen LogP contribution >= 0.6 is 0 Å². The summed E-state index contributed by atoms with van der Waals surface area (Å²) in [6, 6.07) is 10.9. The lowest BCUT2D eigenvalue weighted by atomic mass is 10.1. The molecule has 2 rings (SSSR count). The largest absolute Gasteiger partial charge is 0.493 e. The van der Waals surface area contributed by atoms with Crippen LogP contribution in [0.25, 0.3) is 0 Å². The van der Waals surface area contributed by atoms with E-state index in [-0.39, 0.29) is 12.4 Å². The number of benzene rings is 2. The molecular formula is C23H33FN2O3. The number of aliphatic hydroxyl groups excluding tert-OH is 1. The van der Waals surface area contributed by atoms with Crippen LogP contribution in [-0.4, -0.2) is 49.5 Å². The second-order valence-electron chi connectivity index (χ2n) is 7.66. The number of nitrogens with zero attached hydrogens (tertiary/aromatic N) is 1. The Kier molecular flexibility index (Phi) is 8.89. The molecule has 0 saturated carbocycles. The number of likely N-dealkylation sites (N-methyl/N-ethyl adjacent to an activating group) is 1. The molecule has 1 unspecified atom stereocenters. The fourth-order valence-electron chi connectivity index (χ4n) is 2.90. The molecule has 2 N–H and O–H groups in total. The lowest BCUT2D eigenvalue weighted by Gasteiger charge is -2.24. The van der Waals surface area contributed by atoms with Crippen LogP contribution in [0.5, 0.6) is 11.5 Å². The first-order valence-corrected chi connectivity index (χ1v) is 9.94. The minimum Gasteiger partial charge on any atom is -0.493 e. The number of hydrogen-bond donors (Lipinski definition) is 2. The first-order chi connectivity index (χ1) is 13.8. The van der Waals surface area contributed by atoms with Gasteiger partial charge in [0.2, 0.25) is 0 Å². The van der Waals surface area contributed by atoms with E-state index in [0.29, 0.717) is 37.2 Å². The van der Waals surface area contributed by atoms with Gasteiger partial charge in [-0.3, -0.25) is 0 Å². The number of rotatable bonds is 11. The van der Waals surface area contributed by atoms with Crippen LogP contribution in [0.2, 0.25) is 0 Å². The summed E-state index contributed by atoms with van der Waals surface area (Å²) in [6.07, 6.45) is -0.581. The molecule has 5 nitrogen and oxygen atoms in total. The number of halogens is 1. The molecule has 1 atom stereocenters. The predicted octanol–water partition coefficient (Wildman–Crippen LogP) is 3.51. The zero-order valence-electron chi connectivity index (χ0n) is 18.0. The van der Waals surface area contributed by atoms with Crippen molar-refractivity contribution in [3.63, 3.8) is 0 Å². The van der Waals surface area contributed by atoms with Gasteiger partial charge in [-0.15, -0.1) is 0 Å². The zero-order valence-corrected chi connectivity index (χ0v) is 18.0. The molecular weight excluding hydrogens is 371 g/mol. The molecule has 0 aliphatic carbocycles. The van der Waals surface area contributed by atoms with Gasteiger partial charge in [-0.1, -0.05) is 12.1 Å². The molecule has 2 aromatic rings. The minimum absolute atomic E-state index is 0.198. The van der Waals surface area contributed by atoms with Crippen molar-refractivity contribution in [2.75, 3.05) is 27.3 Å². The summed E-state index contributed by atoms with van der Waals surface area (Å²) in [5.74, 6) is 0.997. The van der Waals surface area contributed by atoms with Gasteiger partial charge in [0.25, 0.3) is 0 Å². The molecule has 6 heteroatoms. The summed E-state index contributed by atoms with van der Waals surface area (Å²) < 4.78 is 24.6. The van der Waals surface area contributed by atoms with Crippen LogP contribution < -0.4 is 14.8 Å². The minimum atomic E-state index is -0.581. The van der Waals surface area contributed by atoms with Crippen molar-refractivity contribution in [1.29, 1.82) is 0 Å². The Bertz CT molecular complexity index is 783. The number of hydrogen-bond acceptors (Lipinski definition) is 5. The maximum Gasteiger partial charge on any atom is 0.161 e. The molecule has 0 aliphatic rings. The van der Waals surface area contributed by atoms with Crippen molar-refractivity contribution >= 4 is 0 Å². The van der Waals surface area contributed by atoms with E-state index in [0.717, 1.165) is 16.7 Å². The predicted molar refractivity (Wildman–Crippen MR) is 114 cm³/mol. The number of aliphatic hydroxyl groups is 1. The third-order valence-corrected chi connectivity index (χ3v) is 5.00. The topological polar surface area (TPSA) is 54.0 Å². The summed E-state index contributed by atoms with van der Waals surface area (Å²) in [5, 5.41) is 13.5. The van der Waals surface area contributed by atoms with Crippen molar-refractivity contribution < 1.29 is 19.0 Å². The zero-order chi connectivity index (χ0) is 21.4. The Morgan fingerprint density at radius 2 is 1.86 bits per heavy atom. The van der Waals surface area contributed by atoms with Crippen molar-refractivity contribution in [3.8, 4) is 11.5 Å². The highest BCUT2D eigenvalue weighted by molar-refractivity contribution is 5.43. The van der Waals surface area contributed by atoms with E-state index < -0.39 is 6.10 Å². The lowest BCUT2D eigenvalue weighted by Crippen LogP contribution is -2.36. The third-order valence-electron chi connectivity index (χ3n) is 5.00. The highest BCUT2D eigenvalue weighted by Gasteiger charge is 2.13. The molecule has 160 valence electrons. The first-order valence-electron chi connectivity index (χ1n) is 9.94. The summed E-state index contributed by atoms with van der Waals surface area (Å²) in [7, 11) is 3.57. The van der Waals surface area contributed by atoms with Crippen molar-refractivity contribution in [2.45, 2.75) is 46.0 Å². The fraction of sp³-hybridized carbons (Fsp3) is 0.478. The van der Waals surface area contributed by atoms with E-state index in [1.165, 1.54) is 6.07 Å². The molecule has 0 spiro atoms. The highest BCUT2D eigenvalue weighted by Crippen LogP contribution is 2.28. The number of nitrogens with one attached hydrogen (secondary N) is 1. The normalized spacial score (nSPS) is 12.4. The summed E-state index contributed by atoms with van der Waals surface area (Å²) in [4.78, 5) is 2.07. The Balaban J connectivity index is 1.90. The van der Waals surface area contributed by atoms with Gasteiger partial charge in [0.05, 0.1) is 7.11 Å². The molecule has 29 heavy (non-hydrogen) atoms. The number of ether oxygens (including phenoxy) is 2.